The second kappa shape index (κ2) is 6.74. The highest BCUT2D eigenvalue weighted by atomic mass is 19.4. The van der Waals surface area contributed by atoms with E-state index >= 15 is 0 Å². The highest BCUT2D eigenvalue weighted by Crippen LogP contribution is 2.78. The molecule has 0 radical (unpaired) electrons. The van der Waals surface area contributed by atoms with Gasteiger partial charge in [-0.3, -0.25) is 4.68 Å². The number of nitrogens with zero attached hydrogens (tertiary/aromatic N) is 6. The Labute approximate surface area is 194 Å². The number of alkyl halides is 3. The average molecular weight is 470 g/mol. The Balaban J connectivity index is 1.22. The summed E-state index contributed by atoms with van der Waals surface area (Å²) in [4.78, 5) is 18.8. The van der Waals surface area contributed by atoms with Crippen LogP contribution in [-0.4, -0.2) is 42.5 Å². The van der Waals surface area contributed by atoms with E-state index in [-0.39, 0.29) is 31.3 Å². The molecule has 3 aromatic rings. The molecule has 8 rings (SSSR count). The number of fused-ring (bicyclic) bond motifs is 1. The van der Waals surface area contributed by atoms with Crippen LogP contribution < -0.4 is 0 Å². The lowest BCUT2D eigenvalue weighted by atomic mass is 9.34. The molecule has 10 heteroatoms. The molecule has 34 heavy (non-hydrogen) atoms. The van der Waals surface area contributed by atoms with Gasteiger partial charge in [-0.25, -0.2) is 19.9 Å². The van der Waals surface area contributed by atoms with E-state index in [4.69, 9.17) is 14.7 Å². The zero-order valence-corrected chi connectivity index (χ0v) is 18.8. The minimum Gasteiger partial charge on any atom is -0.373 e. The molecule has 5 aliphatic rings. The Bertz CT molecular complexity index is 1280. The van der Waals surface area contributed by atoms with Gasteiger partial charge in [0.05, 0.1) is 35.1 Å². The first-order valence-electron chi connectivity index (χ1n) is 12.0. The quantitative estimate of drug-likeness (QED) is 0.541. The minimum atomic E-state index is -4.17. The third-order valence-electron chi connectivity index (χ3n) is 8.24. The molecule has 2 atom stereocenters. The van der Waals surface area contributed by atoms with E-state index in [1.807, 2.05) is 17.8 Å². The smallest absolute Gasteiger partial charge is 0.373 e. The molecule has 0 aromatic carbocycles. The van der Waals surface area contributed by atoms with Crippen molar-refractivity contribution in [2.75, 3.05) is 6.61 Å². The highest BCUT2D eigenvalue weighted by molar-refractivity contribution is 5.75. The standard InChI is InChI=1S/C24H25F3N6O/c1-13-7-28-18-19(22-10-23(11-22,12-22)24(25,26)27)31-20(32-21(18)30-13)14-4-5-34-17(6-14)15-8-29-33(9-15)16-2-3-16/h7-9,14,16-17H,2-6,10-12H2,1H3/t14-,17-,22?,23?/m1/s1. The fraction of sp³-hybridized carbons (Fsp3) is 0.625. The Kier molecular flexibility index (Phi) is 4.11. The van der Waals surface area contributed by atoms with Crippen molar-refractivity contribution < 1.29 is 17.9 Å². The van der Waals surface area contributed by atoms with Crippen molar-refractivity contribution in [2.24, 2.45) is 5.41 Å². The highest BCUT2D eigenvalue weighted by Gasteiger charge is 2.79. The average Bonchev–Trinajstić information content (AvgIpc) is 3.47. The zero-order chi connectivity index (χ0) is 23.3. The topological polar surface area (TPSA) is 78.6 Å². The first-order chi connectivity index (χ1) is 16.3. The van der Waals surface area contributed by atoms with Crippen LogP contribution in [0.5, 0.6) is 0 Å². The van der Waals surface area contributed by atoms with Crippen molar-refractivity contribution in [3.63, 3.8) is 0 Å². The molecule has 178 valence electrons. The number of aryl methyl sites for hydroxylation is 1. The van der Waals surface area contributed by atoms with Crippen LogP contribution in [0.3, 0.4) is 0 Å². The number of hydrogen-bond donors (Lipinski definition) is 0. The SMILES string of the molecule is Cc1cnc2c(C34CC(C(F)(F)F)(C3)C4)nc([C@@H]3CCO[C@@H](c4cnn(C5CC5)c4)C3)nc2n1. The molecular weight excluding hydrogens is 445 g/mol. The number of aromatic nitrogens is 6. The molecule has 4 aliphatic carbocycles. The first-order valence-corrected chi connectivity index (χ1v) is 12.0. The maximum atomic E-state index is 13.5. The Morgan fingerprint density at radius 3 is 2.59 bits per heavy atom. The lowest BCUT2D eigenvalue weighted by Crippen LogP contribution is -2.70. The molecule has 0 unspecified atom stereocenters. The molecule has 0 N–H and O–H groups in total. The van der Waals surface area contributed by atoms with Gasteiger partial charge in [-0.2, -0.15) is 18.3 Å². The van der Waals surface area contributed by atoms with Crippen molar-refractivity contribution in [1.82, 2.24) is 29.7 Å². The minimum absolute atomic E-state index is 0.0393. The summed E-state index contributed by atoms with van der Waals surface area (Å²) in [6.45, 7) is 2.41. The largest absolute Gasteiger partial charge is 0.394 e. The van der Waals surface area contributed by atoms with Gasteiger partial charge < -0.3 is 4.74 Å². The molecule has 1 aliphatic heterocycles. The van der Waals surface area contributed by atoms with E-state index in [2.05, 4.69) is 21.3 Å². The van der Waals surface area contributed by atoms with E-state index in [0.29, 0.717) is 41.8 Å². The van der Waals surface area contributed by atoms with Gasteiger partial charge in [0.2, 0.25) is 0 Å². The van der Waals surface area contributed by atoms with Gasteiger partial charge >= 0.3 is 6.18 Å². The van der Waals surface area contributed by atoms with Crippen LogP contribution in [0.25, 0.3) is 11.2 Å². The van der Waals surface area contributed by atoms with Crippen molar-refractivity contribution >= 4 is 11.2 Å². The number of hydrogen-bond acceptors (Lipinski definition) is 6. The van der Waals surface area contributed by atoms with Gasteiger partial charge in [0.15, 0.2) is 5.65 Å². The van der Waals surface area contributed by atoms with Crippen molar-refractivity contribution in [3.8, 4) is 0 Å². The Morgan fingerprint density at radius 2 is 1.85 bits per heavy atom. The van der Waals surface area contributed by atoms with E-state index in [9.17, 15) is 13.2 Å². The molecule has 3 aromatic heterocycles. The van der Waals surface area contributed by atoms with E-state index in [0.717, 1.165) is 17.7 Å². The van der Waals surface area contributed by atoms with Crippen LogP contribution in [0.2, 0.25) is 0 Å². The van der Waals surface area contributed by atoms with Crippen LogP contribution in [0.4, 0.5) is 13.2 Å². The van der Waals surface area contributed by atoms with Crippen LogP contribution in [0.15, 0.2) is 18.6 Å². The first kappa shape index (κ1) is 20.7. The predicted molar refractivity (Wildman–Crippen MR) is 115 cm³/mol. The van der Waals surface area contributed by atoms with Gasteiger partial charge in [0, 0.05) is 35.9 Å². The molecule has 5 fully saturated rings. The van der Waals surface area contributed by atoms with E-state index < -0.39 is 17.0 Å². The molecule has 2 bridgehead atoms. The summed E-state index contributed by atoms with van der Waals surface area (Å²) in [6, 6.07) is 0.509. The number of rotatable bonds is 4. The second-order valence-electron chi connectivity index (χ2n) is 10.8. The summed E-state index contributed by atoms with van der Waals surface area (Å²) in [7, 11) is 0. The summed E-state index contributed by atoms with van der Waals surface area (Å²) in [5.41, 5.74) is 1.34. The summed E-state index contributed by atoms with van der Waals surface area (Å²) in [5.74, 6) is 0.688. The normalized spacial score (nSPS) is 32.9. The Hall–Kier alpha value is -2.62. The summed E-state index contributed by atoms with van der Waals surface area (Å²) in [5, 5.41) is 4.49. The lowest BCUT2D eigenvalue weighted by Gasteiger charge is -2.70. The summed E-state index contributed by atoms with van der Waals surface area (Å²) in [6.07, 6.45) is 5.39. The predicted octanol–water partition coefficient (Wildman–Crippen LogP) is 4.88. The van der Waals surface area contributed by atoms with E-state index in [1.165, 1.54) is 12.8 Å². The summed E-state index contributed by atoms with van der Waals surface area (Å²) < 4.78 is 48.7. The summed E-state index contributed by atoms with van der Waals surface area (Å²) >= 11 is 0. The van der Waals surface area contributed by atoms with Gasteiger partial charge in [-0.05, 0) is 51.9 Å². The molecule has 1 saturated heterocycles. The number of halogens is 3. The molecule has 4 saturated carbocycles. The van der Waals surface area contributed by atoms with Crippen LogP contribution >= 0.6 is 0 Å². The maximum absolute atomic E-state index is 13.5. The zero-order valence-electron chi connectivity index (χ0n) is 18.8. The van der Waals surface area contributed by atoms with Gasteiger partial charge in [-0.1, -0.05) is 0 Å². The maximum Gasteiger partial charge on any atom is 0.394 e. The molecule has 4 heterocycles. The van der Waals surface area contributed by atoms with Gasteiger partial charge in [0.25, 0.3) is 0 Å². The van der Waals surface area contributed by atoms with Crippen LogP contribution in [0, 0.1) is 12.3 Å². The second-order valence-corrected chi connectivity index (χ2v) is 10.8. The van der Waals surface area contributed by atoms with Gasteiger partial charge in [-0.15, -0.1) is 0 Å². The molecular formula is C24H25F3N6O. The molecule has 7 nitrogen and oxygen atoms in total. The molecule has 0 amide bonds. The number of ether oxygens (including phenoxy) is 1. The fourth-order valence-electron chi connectivity index (χ4n) is 6.22. The third-order valence-corrected chi connectivity index (χ3v) is 8.24. The third kappa shape index (κ3) is 2.96. The van der Waals surface area contributed by atoms with Crippen molar-refractivity contribution in [3.05, 3.63) is 41.4 Å². The van der Waals surface area contributed by atoms with Crippen LogP contribution in [-0.2, 0) is 10.2 Å². The van der Waals surface area contributed by atoms with Crippen LogP contribution in [0.1, 0.15) is 85.8 Å². The fourth-order valence-corrected chi connectivity index (χ4v) is 6.22. The van der Waals surface area contributed by atoms with Crippen molar-refractivity contribution in [2.45, 2.75) is 81.5 Å². The molecule has 0 spiro atoms. The van der Waals surface area contributed by atoms with E-state index in [1.54, 1.807) is 6.20 Å². The van der Waals surface area contributed by atoms with Gasteiger partial charge in [0.1, 0.15) is 11.3 Å². The van der Waals surface area contributed by atoms with Crippen molar-refractivity contribution in [1.29, 1.82) is 0 Å². The Morgan fingerprint density at radius 1 is 1.06 bits per heavy atom. The lowest BCUT2D eigenvalue weighted by molar-refractivity contribution is -0.337. The monoisotopic (exact) mass is 470 g/mol.